The molecule has 14 heavy (non-hydrogen) atoms. The second kappa shape index (κ2) is 5.41. The summed E-state index contributed by atoms with van der Waals surface area (Å²) in [6.07, 6.45) is 8.60. The van der Waals surface area contributed by atoms with E-state index in [4.69, 9.17) is 0 Å². The molecule has 2 fully saturated rings. The minimum atomic E-state index is 0.848. The van der Waals surface area contributed by atoms with Crippen molar-refractivity contribution in [3.63, 3.8) is 0 Å². The van der Waals surface area contributed by atoms with Crippen molar-refractivity contribution in [2.75, 3.05) is 12.3 Å². The average molecular weight is 213 g/mol. The monoisotopic (exact) mass is 213 g/mol. The smallest absolute Gasteiger partial charge is 0.0172 e. The number of thioether (sulfide) groups is 1. The number of hydrogen-bond acceptors (Lipinski definition) is 2. The fourth-order valence-corrected chi connectivity index (χ4v) is 3.95. The van der Waals surface area contributed by atoms with Gasteiger partial charge in [-0.1, -0.05) is 13.3 Å². The molecule has 1 N–H and O–H groups in total. The third kappa shape index (κ3) is 2.90. The fraction of sp³-hybridized carbons (Fsp3) is 1.00. The lowest BCUT2D eigenvalue weighted by Crippen LogP contribution is -2.32. The zero-order valence-corrected chi connectivity index (χ0v) is 10.1. The molecule has 3 atom stereocenters. The molecule has 0 radical (unpaired) electrons. The summed E-state index contributed by atoms with van der Waals surface area (Å²) in [5.74, 6) is 2.41. The summed E-state index contributed by atoms with van der Waals surface area (Å²) in [6.45, 7) is 3.60. The van der Waals surface area contributed by atoms with Gasteiger partial charge in [-0.25, -0.2) is 0 Å². The van der Waals surface area contributed by atoms with Crippen LogP contribution in [0.2, 0.25) is 0 Å². The molecule has 0 amide bonds. The SMILES string of the molecule is CCC1CCC(NCC2CCCS2)C1. The molecule has 1 aliphatic carbocycles. The Kier molecular flexibility index (Phi) is 4.18. The molecule has 0 aromatic carbocycles. The summed E-state index contributed by atoms with van der Waals surface area (Å²) in [4.78, 5) is 0. The van der Waals surface area contributed by atoms with Crippen LogP contribution in [-0.4, -0.2) is 23.6 Å². The molecule has 0 aromatic heterocycles. The summed E-state index contributed by atoms with van der Waals surface area (Å²) in [6, 6.07) is 0.848. The highest BCUT2D eigenvalue weighted by atomic mass is 32.2. The first-order chi connectivity index (χ1) is 6.88. The molecule has 2 heteroatoms. The van der Waals surface area contributed by atoms with Crippen molar-refractivity contribution in [1.82, 2.24) is 5.32 Å². The van der Waals surface area contributed by atoms with Gasteiger partial charge in [-0.05, 0) is 43.8 Å². The minimum absolute atomic E-state index is 0.848. The Balaban J connectivity index is 1.61. The van der Waals surface area contributed by atoms with Crippen LogP contribution in [0, 0.1) is 5.92 Å². The molecule has 0 spiro atoms. The first kappa shape index (κ1) is 10.8. The number of hydrogen-bond donors (Lipinski definition) is 1. The van der Waals surface area contributed by atoms with Crippen LogP contribution in [-0.2, 0) is 0 Å². The molecule has 0 aromatic rings. The van der Waals surface area contributed by atoms with Crippen molar-refractivity contribution in [3.05, 3.63) is 0 Å². The lowest BCUT2D eigenvalue weighted by atomic mass is 10.1. The molecule has 1 heterocycles. The maximum absolute atomic E-state index is 3.77. The molecule has 1 saturated carbocycles. The van der Waals surface area contributed by atoms with Crippen LogP contribution < -0.4 is 5.32 Å². The minimum Gasteiger partial charge on any atom is -0.313 e. The summed E-state index contributed by atoms with van der Waals surface area (Å²) in [7, 11) is 0. The van der Waals surface area contributed by atoms with Crippen LogP contribution in [0.15, 0.2) is 0 Å². The third-order valence-electron chi connectivity index (χ3n) is 3.78. The van der Waals surface area contributed by atoms with E-state index in [0.29, 0.717) is 0 Å². The second-order valence-corrected chi connectivity index (χ2v) is 6.24. The van der Waals surface area contributed by atoms with Gasteiger partial charge in [-0.15, -0.1) is 0 Å². The van der Waals surface area contributed by atoms with Crippen molar-refractivity contribution >= 4 is 11.8 Å². The van der Waals surface area contributed by atoms with Crippen LogP contribution in [0.25, 0.3) is 0 Å². The molecular weight excluding hydrogens is 190 g/mol. The lowest BCUT2D eigenvalue weighted by Gasteiger charge is -2.15. The standard InChI is InChI=1S/C12H23NS/c1-2-10-5-6-11(8-10)13-9-12-4-3-7-14-12/h10-13H,2-9H2,1H3. The van der Waals surface area contributed by atoms with Crippen LogP contribution in [0.4, 0.5) is 0 Å². The van der Waals surface area contributed by atoms with Gasteiger partial charge < -0.3 is 5.32 Å². The molecule has 2 rings (SSSR count). The highest BCUT2D eigenvalue weighted by Gasteiger charge is 2.24. The molecule has 82 valence electrons. The largest absolute Gasteiger partial charge is 0.313 e. The summed E-state index contributed by atoms with van der Waals surface area (Å²) >= 11 is 2.17. The molecule has 1 saturated heterocycles. The summed E-state index contributed by atoms with van der Waals surface area (Å²) < 4.78 is 0. The zero-order chi connectivity index (χ0) is 9.80. The molecule has 3 unspecified atom stereocenters. The van der Waals surface area contributed by atoms with E-state index >= 15 is 0 Å². The molecule has 1 nitrogen and oxygen atoms in total. The van der Waals surface area contributed by atoms with E-state index in [1.807, 2.05) is 0 Å². The van der Waals surface area contributed by atoms with Crippen molar-refractivity contribution in [1.29, 1.82) is 0 Å². The van der Waals surface area contributed by atoms with E-state index in [2.05, 4.69) is 24.0 Å². The highest BCUT2D eigenvalue weighted by Crippen LogP contribution is 2.29. The highest BCUT2D eigenvalue weighted by molar-refractivity contribution is 8.00. The van der Waals surface area contributed by atoms with Crippen LogP contribution in [0.1, 0.15) is 45.4 Å². The Hall–Kier alpha value is 0.310. The van der Waals surface area contributed by atoms with E-state index in [-0.39, 0.29) is 0 Å². The zero-order valence-electron chi connectivity index (χ0n) is 9.30. The van der Waals surface area contributed by atoms with Gasteiger partial charge in [-0.2, -0.15) is 11.8 Å². The second-order valence-electron chi connectivity index (χ2n) is 4.83. The predicted octanol–water partition coefficient (Wildman–Crippen LogP) is 3.05. The van der Waals surface area contributed by atoms with Crippen LogP contribution >= 0.6 is 11.8 Å². The number of nitrogens with one attached hydrogen (secondary N) is 1. The van der Waals surface area contributed by atoms with Crippen molar-refractivity contribution in [2.45, 2.75) is 56.7 Å². The molecular formula is C12H23NS. The van der Waals surface area contributed by atoms with Crippen molar-refractivity contribution in [3.8, 4) is 0 Å². The molecule has 1 aliphatic heterocycles. The summed E-state index contributed by atoms with van der Waals surface area (Å²) in [5, 5.41) is 4.69. The maximum Gasteiger partial charge on any atom is 0.0172 e. The molecule has 0 bridgehead atoms. The quantitative estimate of drug-likeness (QED) is 0.770. The van der Waals surface area contributed by atoms with Gasteiger partial charge in [-0.3, -0.25) is 0 Å². The predicted molar refractivity (Wildman–Crippen MR) is 64.9 cm³/mol. The lowest BCUT2D eigenvalue weighted by molar-refractivity contribution is 0.475. The Bertz CT molecular complexity index is 166. The number of rotatable bonds is 4. The van der Waals surface area contributed by atoms with E-state index in [1.165, 1.54) is 50.8 Å². The van der Waals surface area contributed by atoms with Crippen molar-refractivity contribution in [2.24, 2.45) is 5.92 Å². The first-order valence-electron chi connectivity index (χ1n) is 6.23. The fourth-order valence-electron chi connectivity index (χ4n) is 2.73. The Morgan fingerprint density at radius 3 is 2.86 bits per heavy atom. The van der Waals surface area contributed by atoms with Gasteiger partial charge in [0.25, 0.3) is 0 Å². The molecule has 2 aliphatic rings. The van der Waals surface area contributed by atoms with Gasteiger partial charge in [0, 0.05) is 17.8 Å². The van der Waals surface area contributed by atoms with E-state index < -0.39 is 0 Å². The topological polar surface area (TPSA) is 12.0 Å². The first-order valence-corrected chi connectivity index (χ1v) is 7.28. The van der Waals surface area contributed by atoms with Gasteiger partial charge in [0.05, 0.1) is 0 Å². The van der Waals surface area contributed by atoms with Crippen LogP contribution in [0.5, 0.6) is 0 Å². The van der Waals surface area contributed by atoms with E-state index in [9.17, 15) is 0 Å². The Labute approximate surface area is 92.4 Å². The Morgan fingerprint density at radius 2 is 2.21 bits per heavy atom. The van der Waals surface area contributed by atoms with E-state index in [1.54, 1.807) is 0 Å². The van der Waals surface area contributed by atoms with Crippen LogP contribution in [0.3, 0.4) is 0 Å². The van der Waals surface area contributed by atoms with Gasteiger partial charge in [0.1, 0.15) is 0 Å². The van der Waals surface area contributed by atoms with Gasteiger partial charge in [0.15, 0.2) is 0 Å². The van der Waals surface area contributed by atoms with E-state index in [0.717, 1.165) is 17.2 Å². The normalized spacial score (nSPS) is 37.9. The third-order valence-corrected chi connectivity index (χ3v) is 5.17. The Morgan fingerprint density at radius 1 is 1.29 bits per heavy atom. The van der Waals surface area contributed by atoms with Crippen molar-refractivity contribution < 1.29 is 0 Å². The summed E-state index contributed by atoms with van der Waals surface area (Å²) in [5.41, 5.74) is 0. The van der Waals surface area contributed by atoms with Gasteiger partial charge in [0.2, 0.25) is 0 Å². The van der Waals surface area contributed by atoms with Gasteiger partial charge >= 0.3 is 0 Å². The maximum atomic E-state index is 3.77. The average Bonchev–Trinajstić information content (AvgIpc) is 2.86.